The van der Waals surface area contributed by atoms with Crippen molar-refractivity contribution in [2.24, 2.45) is 17.1 Å². The number of nitrogens with two attached hydrogens (primary N) is 1. The monoisotopic (exact) mass is 260 g/mol. The van der Waals surface area contributed by atoms with Crippen LogP contribution in [-0.4, -0.2) is 31.4 Å². The summed E-state index contributed by atoms with van der Waals surface area (Å²) < 4.78 is 9.94. The molecule has 6 heteroatoms. The fraction of sp³-hybridized carbons (Fsp3) is 0.833. The number of hydrogen-bond acceptors (Lipinski definition) is 4. The van der Waals surface area contributed by atoms with Crippen LogP contribution in [0.1, 0.15) is 34.6 Å². The van der Waals surface area contributed by atoms with Crippen LogP contribution in [0, 0.1) is 11.3 Å². The molecule has 2 amide bonds. The zero-order chi connectivity index (χ0) is 14.3. The Hall–Kier alpha value is -1.46. The van der Waals surface area contributed by atoms with Crippen molar-refractivity contribution < 1.29 is 19.1 Å². The predicted molar refractivity (Wildman–Crippen MR) is 68.1 cm³/mol. The van der Waals surface area contributed by atoms with Crippen molar-refractivity contribution in [2.45, 2.75) is 40.7 Å². The van der Waals surface area contributed by atoms with Gasteiger partial charge in [-0.25, -0.2) is 9.59 Å². The van der Waals surface area contributed by atoms with Gasteiger partial charge in [0, 0.05) is 11.5 Å². The van der Waals surface area contributed by atoms with E-state index in [1.165, 1.54) is 0 Å². The summed E-state index contributed by atoms with van der Waals surface area (Å²) in [6.45, 7) is 9.79. The van der Waals surface area contributed by atoms with Gasteiger partial charge in [-0.15, -0.1) is 0 Å². The van der Waals surface area contributed by atoms with Crippen molar-refractivity contribution in [1.29, 1.82) is 0 Å². The van der Waals surface area contributed by atoms with Gasteiger partial charge in [0.1, 0.15) is 13.2 Å². The van der Waals surface area contributed by atoms with Gasteiger partial charge in [-0.05, 0) is 19.8 Å². The van der Waals surface area contributed by atoms with Crippen molar-refractivity contribution in [3.05, 3.63) is 0 Å². The van der Waals surface area contributed by atoms with Crippen molar-refractivity contribution in [1.82, 2.24) is 5.32 Å². The highest BCUT2D eigenvalue weighted by Gasteiger charge is 2.32. The molecule has 3 N–H and O–H groups in total. The van der Waals surface area contributed by atoms with Crippen LogP contribution in [0.4, 0.5) is 9.59 Å². The molecular formula is C12H24N2O4. The highest BCUT2D eigenvalue weighted by atomic mass is 16.6. The van der Waals surface area contributed by atoms with E-state index in [9.17, 15) is 9.59 Å². The maximum atomic E-state index is 11.4. The minimum Gasteiger partial charge on any atom is -0.449 e. The summed E-state index contributed by atoms with van der Waals surface area (Å²) in [5.74, 6) is 0.170. The Kier molecular flexibility index (Phi) is 6.51. The molecule has 0 aromatic carbocycles. The number of primary amides is 1. The molecule has 106 valence electrons. The SMILES string of the molecule is CC(C)NC(=O)OCC(C)(COC(N)=O)C(C)C. The molecule has 0 aliphatic carbocycles. The molecular weight excluding hydrogens is 236 g/mol. The zero-order valence-corrected chi connectivity index (χ0v) is 11.8. The smallest absolute Gasteiger partial charge is 0.407 e. The topological polar surface area (TPSA) is 90.7 Å². The van der Waals surface area contributed by atoms with E-state index in [0.717, 1.165) is 0 Å². The summed E-state index contributed by atoms with van der Waals surface area (Å²) >= 11 is 0. The Morgan fingerprint density at radius 2 is 1.67 bits per heavy atom. The first-order chi connectivity index (χ1) is 8.17. The zero-order valence-electron chi connectivity index (χ0n) is 11.8. The molecule has 0 bridgehead atoms. The molecule has 6 nitrogen and oxygen atoms in total. The molecule has 0 aromatic rings. The summed E-state index contributed by atoms with van der Waals surface area (Å²) in [6.07, 6.45) is -1.30. The van der Waals surface area contributed by atoms with Gasteiger partial charge in [-0.1, -0.05) is 20.8 Å². The maximum Gasteiger partial charge on any atom is 0.407 e. The molecule has 18 heavy (non-hydrogen) atoms. The second-order valence-electron chi connectivity index (χ2n) is 5.29. The van der Waals surface area contributed by atoms with Crippen molar-refractivity contribution in [3.8, 4) is 0 Å². The van der Waals surface area contributed by atoms with Crippen molar-refractivity contribution in [3.63, 3.8) is 0 Å². The highest BCUT2D eigenvalue weighted by molar-refractivity contribution is 5.67. The fourth-order valence-electron chi connectivity index (χ4n) is 1.12. The van der Waals surface area contributed by atoms with Crippen molar-refractivity contribution >= 4 is 12.2 Å². The molecule has 0 aromatic heterocycles. The molecule has 0 spiro atoms. The number of ether oxygens (including phenoxy) is 2. The molecule has 0 heterocycles. The lowest BCUT2D eigenvalue weighted by atomic mass is 9.81. The average Bonchev–Trinajstić information content (AvgIpc) is 2.22. The Morgan fingerprint density at radius 3 is 2.06 bits per heavy atom. The number of carbonyl (C=O) groups is 2. The van der Waals surface area contributed by atoms with E-state index in [0.29, 0.717) is 0 Å². The first kappa shape index (κ1) is 16.5. The van der Waals surface area contributed by atoms with Gasteiger partial charge >= 0.3 is 12.2 Å². The van der Waals surface area contributed by atoms with E-state index >= 15 is 0 Å². The van der Waals surface area contributed by atoms with E-state index in [1.807, 2.05) is 34.6 Å². The Bertz CT molecular complexity index is 292. The third-order valence-electron chi connectivity index (χ3n) is 2.88. The lowest BCUT2D eigenvalue weighted by Crippen LogP contribution is -2.39. The average molecular weight is 260 g/mol. The second-order valence-corrected chi connectivity index (χ2v) is 5.29. The molecule has 0 aliphatic heterocycles. The fourth-order valence-corrected chi connectivity index (χ4v) is 1.12. The summed E-state index contributed by atoms with van der Waals surface area (Å²) in [4.78, 5) is 22.0. The molecule has 0 radical (unpaired) electrons. The summed E-state index contributed by atoms with van der Waals surface area (Å²) in [5.41, 5.74) is 4.49. The first-order valence-electron chi connectivity index (χ1n) is 6.03. The molecule has 1 unspecified atom stereocenters. The predicted octanol–water partition coefficient (Wildman–Crippen LogP) is 1.88. The minimum absolute atomic E-state index is 0.0182. The molecule has 0 rings (SSSR count). The number of hydrogen-bond donors (Lipinski definition) is 2. The maximum absolute atomic E-state index is 11.4. The number of nitrogens with one attached hydrogen (secondary N) is 1. The van der Waals surface area contributed by atoms with Crippen LogP contribution in [0.5, 0.6) is 0 Å². The number of carbonyl (C=O) groups excluding carboxylic acids is 2. The van der Waals surface area contributed by atoms with Crippen LogP contribution in [0.3, 0.4) is 0 Å². The molecule has 0 aliphatic rings. The van der Waals surface area contributed by atoms with E-state index in [-0.39, 0.29) is 25.2 Å². The normalized spacial score (nSPS) is 14.2. The van der Waals surface area contributed by atoms with Crippen LogP contribution in [-0.2, 0) is 9.47 Å². The summed E-state index contributed by atoms with van der Waals surface area (Å²) in [7, 11) is 0. The molecule has 0 saturated carbocycles. The highest BCUT2D eigenvalue weighted by Crippen LogP contribution is 2.27. The number of alkyl carbamates (subject to hydrolysis) is 1. The van der Waals surface area contributed by atoms with Crippen molar-refractivity contribution in [2.75, 3.05) is 13.2 Å². The van der Waals surface area contributed by atoms with Crippen LogP contribution >= 0.6 is 0 Å². The minimum atomic E-state index is -0.825. The van der Waals surface area contributed by atoms with Gasteiger partial charge in [0.15, 0.2) is 0 Å². The molecule has 1 atom stereocenters. The second kappa shape index (κ2) is 7.08. The quantitative estimate of drug-likeness (QED) is 0.762. The molecule has 0 saturated heterocycles. The van der Waals surface area contributed by atoms with Gasteiger partial charge in [0.2, 0.25) is 0 Å². The Labute approximate surface area is 108 Å². The van der Waals surface area contributed by atoms with E-state index in [4.69, 9.17) is 15.2 Å². The summed E-state index contributed by atoms with van der Waals surface area (Å²) in [6, 6.07) is 0.0182. The van der Waals surface area contributed by atoms with Gasteiger partial charge < -0.3 is 20.5 Å². The Morgan fingerprint density at radius 1 is 1.17 bits per heavy atom. The van der Waals surface area contributed by atoms with E-state index < -0.39 is 17.6 Å². The third-order valence-corrected chi connectivity index (χ3v) is 2.88. The van der Waals surface area contributed by atoms with E-state index in [2.05, 4.69) is 5.32 Å². The number of amides is 2. The van der Waals surface area contributed by atoms with Crippen LogP contribution in [0.15, 0.2) is 0 Å². The Balaban J connectivity index is 4.34. The van der Waals surface area contributed by atoms with Gasteiger partial charge in [0.05, 0.1) is 0 Å². The van der Waals surface area contributed by atoms with Crippen LogP contribution in [0.25, 0.3) is 0 Å². The third kappa shape index (κ3) is 6.32. The summed E-state index contributed by atoms with van der Waals surface area (Å²) in [5, 5.41) is 2.63. The lowest BCUT2D eigenvalue weighted by molar-refractivity contribution is 0.0113. The van der Waals surface area contributed by atoms with E-state index in [1.54, 1.807) is 0 Å². The van der Waals surface area contributed by atoms with Crippen LogP contribution in [0.2, 0.25) is 0 Å². The lowest BCUT2D eigenvalue weighted by Gasteiger charge is -2.32. The van der Waals surface area contributed by atoms with Crippen LogP contribution < -0.4 is 11.1 Å². The number of rotatable bonds is 6. The molecule has 0 fully saturated rings. The largest absolute Gasteiger partial charge is 0.449 e. The van der Waals surface area contributed by atoms with Gasteiger partial charge in [-0.3, -0.25) is 0 Å². The standard InChI is InChI=1S/C12H24N2O4/c1-8(2)12(5,6-17-10(13)15)7-18-11(16)14-9(3)4/h8-9H,6-7H2,1-5H3,(H2,13,15)(H,14,16). The van der Waals surface area contributed by atoms with Gasteiger partial charge in [0.25, 0.3) is 0 Å². The first-order valence-corrected chi connectivity index (χ1v) is 6.03. The van der Waals surface area contributed by atoms with Gasteiger partial charge in [-0.2, -0.15) is 0 Å².